The zero-order valence-corrected chi connectivity index (χ0v) is 19.9. The zero-order chi connectivity index (χ0) is 27.1. The number of halogens is 3. The third kappa shape index (κ3) is 4.29. The minimum atomic E-state index is -1.50. The number of fused-ring (bicyclic) bond motifs is 2. The van der Waals surface area contributed by atoms with Gasteiger partial charge in [0.1, 0.15) is 28.7 Å². The Hall–Kier alpha value is -5.32. The fourth-order valence-electron chi connectivity index (χ4n) is 4.38. The van der Waals surface area contributed by atoms with Gasteiger partial charge in [-0.3, -0.25) is 9.59 Å². The molecular formula is C28H17F3N6O2. The van der Waals surface area contributed by atoms with Gasteiger partial charge in [0.15, 0.2) is 5.65 Å². The van der Waals surface area contributed by atoms with Crippen LogP contribution in [0.1, 0.15) is 21.5 Å². The molecule has 0 spiro atoms. The van der Waals surface area contributed by atoms with Gasteiger partial charge in [-0.15, -0.1) is 0 Å². The lowest BCUT2D eigenvalue weighted by molar-refractivity contribution is -0.117. The summed E-state index contributed by atoms with van der Waals surface area (Å²) in [5, 5.41) is 9.33. The van der Waals surface area contributed by atoms with Crippen molar-refractivity contribution in [2.75, 3.05) is 5.32 Å². The molecule has 0 saturated heterocycles. The minimum Gasteiger partial charge on any atom is -0.322 e. The standard InChI is InChI=1S/C28H17F3N6O2/c29-16-10-11-17(20(31)14-16)24-21(26-32-12-5-13-37(26)36-24)27(38)35-25-28(39)34-23-18(8-4-9-19(23)30)22(33-25)15-6-2-1-3-7-15/h1-14,25H,(H,34,39)(H,35,38)/t25-/m1/s1. The van der Waals surface area contributed by atoms with E-state index < -0.39 is 35.4 Å². The van der Waals surface area contributed by atoms with Crippen LogP contribution in [0.25, 0.3) is 16.9 Å². The molecule has 0 unspecified atom stereocenters. The third-order valence-electron chi connectivity index (χ3n) is 6.15. The van der Waals surface area contributed by atoms with E-state index >= 15 is 0 Å². The number of aromatic nitrogens is 3. The van der Waals surface area contributed by atoms with Crippen LogP contribution in [0.3, 0.4) is 0 Å². The summed E-state index contributed by atoms with van der Waals surface area (Å²) in [4.78, 5) is 35.6. The van der Waals surface area contributed by atoms with Gasteiger partial charge in [0.25, 0.3) is 11.8 Å². The quantitative estimate of drug-likeness (QED) is 0.364. The number of amides is 2. The highest BCUT2D eigenvalue weighted by Crippen LogP contribution is 2.29. The van der Waals surface area contributed by atoms with Crippen LogP contribution in [0.5, 0.6) is 0 Å². The summed E-state index contributed by atoms with van der Waals surface area (Å²) >= 11 is 0. The number of benzene rings is 3. The smallest absolute Gasteiger partial charge is 0.269 e. The van der Waals surface area contributed by atoms with Gasteiger partial charge in [-0.05, 0) is 24.3 Å². The second kappa shape index (κ2) is 9.53. The molecule has 3 heterocycles. The summed E-state index contributed by atoms with van der Waals surface area (Å²) in [6.45, 7) is 0. The number of carbonyl (C=O) groups is 2. The van der Waals surface area contributed by atoms with Crippen LogP contribution in [0.4, 0.5) is 18.9 Å². The average Bonchev–Trinajstić information content (AvgIpc) is 3.25. The van der Waals surface area contributed by atoms with Crippen LogP contribution in [0.15, 0.2) is 90.2 Å². The van der Waals surface area contributed by atoms with E-state index in [9.17, 15) is 22.8 Å². The molecule has 0 aliphatic carbocycles. The van der Waals surface area contributed by atoms with Crippen LogP contribution < -0.4 is 10.6 Å². The van der Waals surface area contributed by atoms with Crippen molar-refractivity contribution in [2.45, 2.75) is 6.17 Å². The first kappa shape index (κ1) is 24.0. The van der Waals surface area contributed by atoms with E-state index in [0.717, 1.165) is 12.1 Å². The molecule has 5 aromatic rings. The number of hydrogen-bond donors (Lipinski definition) is 2. The monoisotopic (exact) mass is 526 g/mol. The van der Waals surface area contributed by atoms with Crippen molar-refractivity contribution in [3.05, 3.63) is 119 Å². The summed E-state index contributed by atoms with van der Waals surface area (Å²) in [7, 11) is 0. The van der Waals surface area contributed by atoms with Crippen molar-refractivity contribution >= 4 is 28.9 Å². The molecule has 8 nitrogen and oxygen atoms in total. The molecule has 0 bridgehead atoms. The second-order valence-electron chi connectivity index (χ2n) is 8.61. The largest absolute Gasteiger partial charge is 0.322 e. The zero-order valence-electron chi connectivity index (χ0n) is 19.9. The highest BCUT2D eigenvalue weighted by molar-refractivity contribution is 6.20. The van der Waals surface area contributed by atoms with Gasteiger partial charge in [0.05, 0.1) is 11.4 Å². The lowest BCUT2D eigenvalue weighted by Gasteiger charge is -2.14. The molecule has 0 radical (unpaired) electrons. The first-order valence-corrected chi connectivity index (χ1v) is 11.7. The minimum absolute atomic E-state index is 0.0735. The number of rotatable bonds is 4. The van der Waals surface area contributed by atoms with Crippen molar-refractivity contribution in [1.82, 2.24) is 19.9 Å². The average molecular weight is 526 g/mol. The van der Waals surface area contributed by atoms with Gasteiger partial charge < -0.3 is 10.6 Å². The Labute approximate surface area is 218 Å². The first-order chi connectivity index (χ1) is 18.9. The van der Waals surface area contributed by atoms with Crippen molar-refractivity contribution in [1.29, 1.82) is 0 Å². The summed E-state index contributed by atoms with van der Waals surface area (Å²) in [5.41, 5.74) is 0.789. The number of anilines is 1. The number of nitrogens with zero attached hydrogens (tertiary/aromatic N) is 4. The first-order valence-electron chi connectivity index (χ1n) is 11.7. The topological polar surface area (TPSA) is 101 Å². The number of nitrogens with one attached hydrogen (secondary N) is 2. The fourth-order valence-corrected chi connectivity index (χ4v) is 4.38. The van der Waals surface area contributed by atoms with Gasteiger partial charge in [-0.1, -0.05) is 42.5 Å². The van der Waals surface area contributed by atoms with E-state index in [1.807, 2.05) is 0 Å². The Morgan fingerprint density at radius 2 is 1.74 bits per heavy atom. The molecule has 2 aromatic heterocycles. The molecule has 3 aromatic carbocycles. The highest BCUT2D eigenvalue weighted by atomic mass is 19.1. The van der Waals surface area contributed by atoms with Crippen LogP contribution in [-0.4, -0.2) is 38.3 Å². The molecule has 0 saturated carbocycles. The van der Waals surface area contributed by atoms with E-state index in [2.05, 4.69) is 25.7 Å². The van der Waals surface area contributed by atoms with Crippen molar-refractivity contribution < 1.29 is 22.8 Å². The maximum Gasteiger partial charge on any atom is 0.269 e. The molecule has 2 amide bonds. The van der Waals surface area contributed by atoms with Crippen LogP contribution in [-0.2, 0) is 4.79 Å². The maximum atomic E-state index is 14.8. The number of carbonyl (C=O) groups excluding carboxylic acids is 2. The lowest BCUT2D eigenvalue weighted by Crippen LogP contribution is -2.42. The van der Waals surface area contributed by atoms with Gasteiger partial charge in [-0.25, -0.2) is 27.7 Å². The molecule has 192 valence electrons. The number of para-hydroxylation sites is 1. The summed E-state index contributed by atoms with van der Waals surface area (Å²) in [5.74, 6) is -4.04. The fraction of sp³-hybridized carbons (Fsp3) is 0.0357. The number of aliphatic imine (C=N–C) groups is 1. The van der Waals surface area contributed by atoms with E-state index in [4.69, 9.17) is 0 Å². The second-order valence-corrected chi connectivity index (χ2v) is 8.61. The molecule has 1 atom stereocenters. The Morgan fingerprint density at radius 3 is 2.54 bits per heavy atom. The summed E-state index contributed by atoms with van der Waals surface area (Å²) in [6, 6.07) is 17.6. The summed E-state index contributed by atoms with van der Waals surface area (Å²) in [6.07, 6.45) is 1.43. The SMILES string of the molecule is O=C(N[C@H]1N=C(c2ccccc2)c2cccc(F)c2NC1=O)c1c(-c2ccc(F)cc2F)nn2cccnc12. The molecule has 39 heavy (non-hydrogen) atoms. The van der Waals surface area contributed by atoms with Crippen molar-refractivity contribution in [2.24, 2.45) is 4.99 Å². The molecule has 0 fully saturated rings. The van der Waals surface area contributed by atoms with Crippen LogP contribution in [0.2, 0.25) is 0 Å². The predicted molar refractivity (Wildman–Crippen MR) is 137 cm³/mol. The van der Waals surface area contributed by atoms with E-state index in [0.29, 0.717) is 17.2 Å². The number of benzodiazepines with no additional fused rings is 1. The van der Waals surface area contributed by atoms with Gasteiger partial charge >= 0.3 is 0 Å². The molecule has 11 heteroatoms. The third-order valence-corrected chi connectivity index (χ3v) is 6.15. The molecule has 1 aliphatic heterocycles. The Bertz CT molecular complexity index is 1800. The molecule has 6 rings (SSSR count). The van der Waals surface area contributed by atoms with E-state index in [1.165, 1.54) is 29.0 Å². The van der Waals surface area contributed by atoms with Gasteiger partial charge in [0, 0.05) is 35.2 Å². The van der Waals surface area contributed by atoms with Crippen LogP contribution in [0, 0.1) is 17.5 Å². The van der Waals surface area contributed by atoms with Crippen molar-refractivity contribution in [3.63, 3.8) is 0 Å². The normalized spacial score (nSPS) is 14.8. The highest BCUT2D eigenvalue weighted by Gasteiger charge is 2.31. The summed E-state index contributed by atoms with van der Waals surface area (Å²) < 4.78 is 44.4. The number of hydrogen-bond acceptors (Lipinski definition) is 5. The van der Waals surface area contributed by atoms with E-state index in [1.54, 1.807) is 42.5 Å². The maximum absolute atomic E-state index is 14.8. The van der Waals surface area contributed by atoms with Gasteiger partial charge in [0.2, 0.25) is 6.17 Å². The van der Waals surface area contributed by atoms with Crippen molar-refractivity contribution in [3.8, 4) is 11.3 Å². The Kier molecular flexibility index (Phi) is 5.87. The Balaban J connectivity index is 1.46. The Morgan fingerprint density at radius 1 is 0.923 bits per heavy atom. The lowest BCUT2D eigenvalue weighted by atomic mass is 10.0. The predicted octanol–water partition coefficient (Wildman–Crippen LogP) is 4.36. The molecular weight excluding hydrogens is 509 g/mol. The van der Waals surface area contributed by atoms with E-state index in [-0.39, 0.29) is 33.9 Å². The van der Waals surface area contributed by atoms with Crippen LogP contribution >= 0.6 is 0 Å². The van der Waals surface area contributed by atoms with Gasteiger partial charge in [-0.2, -0.15) is 5.10 Å². The molecule has 1 aliphatic rings. The molecule has 2 N–H and O–H groups in total.